The molecular weight excluding hydrogens is 357 g/mol. The Kier molecular flexibility index (Phi) is 3.85. The zero-order valence-electron chi connectivity index (χ0n) is 13.2. The molecule has 2 N–H and O–H groups in total. The highest BCUT2D eigenvalue weighted by Gasteiger charge is 2.24. The highest BCUT2D eigenvalue weighted by Crippen LogP contribution is 2.44. The van der Waals surface area contributed by atoms with E-state index in [0.717, 1.165) is 4.88 Å². The molecule has 0 aliphatic carbocycles. The molecule has 0 aliphatic heterocycles. The topological polar surface area (TPSA) is 71.7 Å². The molecule has 4 rings (SSSR count). The van der Waals surface area contributed by atoms with Gasteiger partial charge in [-0.15, -0.1) is 11.3 Å². The summed E-state index contributed by atoms with van der Waals surface area (Å²) in [7, 11) is 0. The van der Waals surface area contributed by atoms with E-state index in [2.05, 4.69) is 0 Å². The number of ether oxygens (including phenoxy) is 1. The number of benzene rings is 2. The van der Waals surface area contributed by atoms with Crippen LogP contribution in [0.15, 0.2) is 60.0 Å². The number of hydrogen-bond acceptors (Lipinski definition) is 4. The molecule has 0 amide bonds. The molecule has 0 saturated heterocycles. The Morgan fingerprint density at radius 2 is 1.92 bits per heavy atom. The Balaban J connectivity index is 2.12. The van der Waals surface area contributed by atoms with Gasteiger partial charge in [0.15, 0.2) is 17.3 Å². The highest BCUT2D eigenvalue weighted by molar-refractivity contribution is 7.13. The van der Waals surface area contributed by atoms with Crippen molar-refractivity contribution in [2.75, 3.05) is 0 Å². The molecule has 7 heteroatoms. The van der Waals surface area contributed by atoms with E-state index < -0.39 is 17.7 Å². The molecule has 130 valence electrons. The largest absolute Gasteiger partial charge is 0.511 e. The van der Waals surface area contributed by atoms with Crippen molar-refractivity contribution in [3.63, 3.8) is 0 Å². The first kappa shape index (κ1) is 16.2. The molecule has 0 spiro atoms. The lowest BCUT2D eigenvalue weighted by atomic mass is 10.2. The average Bonchev–Trinajstić information content (AvgIpc) is 3.24. The zero-order valence-corrected chi connectivity index (χ0v) is 14.0. The molecule has 4 aromatic rings. The van der Waals surface area contributed by atoms with Crippen LogP contribution in [0.1, 0.15) is 0 Å². The van der Waals surface area contributed by atoms with Crippen LogP contribution in [0.3, 0.4) is 0 Å². The van der Waals surface area contributed by atoms with E-state index in [1.165, 1.54) is 23.5 Å². The number of aromatic nitrogens is 1. The van der Waals surface area contributed by atoms with Gasteiger partial charge in [0.25, 0.3) is 0 Å². The van der Waals surface area contributed by atoms with Crippen LogP contribution in [-0.4, -0.2) is 20.9 Å². The number of aromatic hydroxyl groups is 1. The van der Waals surface area contributed by atoms with Crippen molar-refractivity contribution < 1.29 is 24.1 Å². The summed E-state index contributed by atoms with van der Waals surface area (Å²) >= 11 is 1.41. The number of halogens is 1. The molecule has 26 heavy (non-hydrogen) atoms. The Morgan fingerprint density at radius 1 is 1.12 bits per heavy atom. The first-order valence-electron chi connectivity index (χ1n) is 7.63. The summed E-state index contributed by atoms with van der Waals surface area (Å²) in [5.74, 6) is -1.04. The number of phenols is 1. The number of nitrogens with zero attached hydrogens (tertiary/aromatic N) is 1. The highest BCUT2D eigenvalue weighted by atomic mass is 32.1. The van der Waals surface area contributed by atoms with Crippen molar-refractivity contribution in [3.05, 3.63) is 65.8 Å². The van der Waals surface area contributed by atoms with E-state index in [1.54, 1.807) is 34.9 Å². The fourth-order valence-corrected chi connectivity index (χ4v) is 3.70. The molecule has 5 nitrogen and oxygen atoms in total. The molecule has 0 radical (unpaired) electrons. The van der Waals surface area contributed by atoms with Gasteiger partial charge in [-0.2, -0.15) is 0 Å². The normalized spacial score (nSPS) is 11.0. The number of carbonyl (C=O) groups is 1. The second kappa shape index (κ2) is 6.20. The van der Waals surface area contributed by atoms with Gasteiger partial charge in [-0.05, 0) is 35.7 Å². The number of thiophene rings is 1. The maximum atomic E-state index is 14.0. The minimum absolute atomic E-state index is 0.184. The molecular formula is C19H12FNO4S. The van der Waals surface area contributed by atoms with Gasteiger partial charge in [0.05, 0.1) is 10.4 Å². The Labute approximate surface area is 151 Å². The Bertz CT molecular complexity index is 1120. The smallest absolute Gasteiger partial charge is 0.505 e. The predicted molar refractivity (Wildman–Crippen MR) is 96.9 cm³/mol. The minimum atomic E-state index is -1.43. The molecule has 0 bridgehead atoms. The van der Waals surface area contributed by atoms with Gasteiger partial charge in [-0.25, -0.2) is 9.18 Å². The molecule has 0 atom stereocenters. The first-order chi connectivity index (χ1) is 12.6. The number of para-hydroxylation sites is 1. The van der Waals surface area contributed by atoms with Gasteiger partial charge in [0.2, 0.25) is 0 Å². The Hall–Kier alpha value is -3.32. The lowest BCUT2D eigenvalue weighted by Gasteiger charge is -2.11. The quantitative estimate of drug-likeness (QED) is 0.483. The van der Waals surface area contributed by atoms with Crippen molar-refractivity contribution in [1.82, 2.24) is 4.57 Å². The van der Waals surface area contributed by atoms with E-state index in [1.807, 2.05) is 17.5 Å². The summed E-state index contributed by atoms with van der Waals surface area (Å²) < 4.78 is 20.8. The SMILES string of the molecule is O=C(O)Oc1c(-c2cccs2)n(-c2ccc(O)c(F)c2)c2ccccc12. The van der Waals surface area contributed by atoms with Crippen LogP contribution < -0.4 is 4.74 Å². The molecule has 0 aliphatic rings. The van der Waals surface area contributed by atoms with Crippen molar-refractivity contribution in [1.29, 1.82) is 0 Å². The minimum Gasteiger partial charge on any atom is -0.505 e. The van der Waals surface area contributed by atoms with Crippen LogP contribution in [0.5, 0.6) is 11.5 Å². The number of hydrogen-bond donors (Lipinski definition) is 2. The van der Waals surface area contributed by atoms with Crippen LogP contribution in [0.25, 0.3) is 27.2 Å². The van der Waals surface area contributed by atoms with Gasteiger partial charge in [0.1, 0.15) is 5.69 Å². The van der Waals surface area contributed by atoms with Crippen LogP contribution >= 0.6 is 11.3 Å². The molecule has 2 aromatic carbocycles. The monoisotopic (exact) mass is 369 g/mol. The number of rotatable bonds is 3. The molecule has 0 saturated carbocycles. The van der Waals surface area contributed by atoms with Crippen LogP contribution in [0, 0.1) is 5.82 Å². The predicted octanol–water partition coefficient (Wildman–Crippen LogP) is 5.26. The summed E-state index contributed by atoms with van der Waals surface area (Å²) in [5, 5.41) is 21.1. The molecule has 2 aromatic heterocycles. The summed E-state index contributed by atoms with van der Waals surface area (Å²) in [4.78, 5) is 12.0. The molecule has 0 fully saturated rings. The van der Waals surface area contributed by atoms with Crippen LogP contribution in [-0.2, 0) is 0 Å². The standard InChI is InChI=1S/C19H12FNO4S/c20-13-10-11(7-8-15(13)22)21-14-5-2-1-4-12(14)18(25-19(23)24)17(21)16-6-3-9-26-16/h1-10,22H,(H,23,24). The summed E-state index contributed by atoms with van der Waals surface area (Å²) in [5.41, 5.74) is 1.62. The zero-order chi connectivity index (χ0) is 18.3. The van der Waals surface area contributed by atoms with E-state index in [9.17, 15) is 19.4 Å². The van der Waals surface area contributed by atoms with E-state index in [4.69, 9.17) is 4.74 Å². The van der Waals surface area contributed by atoms with Gasteiger partial charge < -0.3 is 19.5 Å². The van der Waals surface area contributed by atoms with Crippen molar-refractivity contribution in [2.24, 2.45) is 0 Å². The first-order valence-corrected chi connectivity index (χ1v) is 8.51. The van der Waals surface area contributed by atoms with Gasteiger partial charge >= 0.3 is 6.16 Å². The van der Waals surface area contributed by atoms with Crippen molar-refractivity contribution in [2.45, 2.75) is 0 Å². The summed E-state index contributed by atoms with van der Waals surface area (Å²) in [6, 6.07) is 14.8. The molecule has 2 heterocycles. The van der Waals surface area contributed by atoms with Crippen LogP contribution in [0.4, 0.5) is 9.18 Å². The number of fused-ring (bicyclic) bond motifs is 1. The lowest BCUT2D eigenvalue weighted by molar-refractivity contribution is 0.145. The number of phenolic OH excluding ortho intramolecular Hbond substituents is 1. The van der Waals surface area contributed by atoms with Crippen molar-refractivity contribution >= 4 is 28.4 Å². The maximum absolute atomic E-state index is 14.0. The van der Waals surface area contributed by atoms with E-state index >= 15 is 0 Å². The second-order valence-corrected chi connectivity index (χ2v) is 6.46. The fourth-order valence-electron chi connectivity index (χ4n) is 2.94. The summed E-state index contributed by atoms with van der Waals surface area (Å²) in [6.07, 6.45) is -1.43. The van der Waals surface area contributed by atoms with E-state index in [0.29, 0.717) is 22.3 Å². The fraction of sp³-hybridized carbons (Fsp3) is 0. The third kappa shape index (κ3) is 2.58. The molecule has 0 unspecified atom stereocenters. The number of carboxylic acid groups (broad SMARTS) is 1. The maximum Gasteiger partial charge on any atom is 0.511 e. The third-order valence-corrected chi connectivity index (χ3v) is 4.84. The second-order valence-electron chi connectivity index (χ2n) is 5.51. The van der Waals surface area contributed by atoms with Gasteiger partial charge in [0, 0.05) is 17.1 Å². The van der Waals surface area contributed by atoms with Gasteiger partial charge in [-0.1, -0.05) is 18.2 Å². The third-order valence-electron chi connectivity index (χ3n) is 3.96. The van der Waals surface area contributed by atoms with Crippen LogP contribution in [0.2, 0.25) is 0 Å². The lowest BCUT2D eigenvalue weighted by Crippen LogP contribution is -2.04. The van der Waals surface area contributed by atoms with Gasteiger partial charge in [-0.3, -0.25) is 0 Å². The van der Waals surface area contributed by atoms with Crippen molar-refractivity contribution in [3.8, 4) is 27.8 Å². The summed E-state index contributed by atoms with van der Waals surface area (Å²) in [6.45, 7) is 0. The Morgan fingerprint density at radius 3 is 2.62 bits per heavy atom. The van der Waals surface area contributed by atoms with E-state index in [-0.39, 0.29) is 5.75 Å². The average molecular weight is 369 g/mol.